The molecule has 0 atom stereocenters. The molecule has 0 fully saturated rings. The standard InChI is InChI=1S/C20H24BF3N2O6S/c1-26(2)12-14-10-15(5-8-18(14)33(29,30)20(22,23)24)25-19(27)9-4-13-11-16(32-21-28)6-7-17(13)31-3/h5-8,10-11,21,28H,4,9,12H2,1-3H3,(H,25,27). The minimum absolute atomic E-state index is 0.00452. The van der Waals surface area contributed by atoms with Crippen molar-refractivity contribution in [1.29, 1.82) is 0 Å². The van der Waals surface area contributed by atoms with Crippen molar-refractivity contribution in [3.05, 3.63) is 47.5 Å². The zero-order valence-electron chi connectivity index (χ0n) is 18.3. The fourth-order valence-electron chi connectivity index (χ4n) is 3.09. The van der Waals surface area contributed by atoms with E-state index in [1.54, 1.807) is 32.3 Å². The molecule has 0 saturated heterocycles. The van der Waals surface area contributed by atoms with Crippen molar-refractivity contribution in [2.45, 2.75) is 29.8 Å². The second kappa shape index (κ2) is 10.9. The van der Waals surface area contributed by atoms with Crippen LogP contribution in [-0.2, 0) is 27.6 Å². The van der Waals surface area contributed by atoms with E-state index in [1.165, 1.54) is 18.1 Å². The molecule has 0 saturated carbocycles. The van der Waals surface area contributed by atoms with E-state index in [0.29, 0.717) is 17.1 Å². The third-order valence-electron chi connectivity index (χ3n) is 4.53. The number of aryl methyl sites for hydroxylation is 1. The first-order chi connectivity index (χ1) is 15.4. The number of carbonyl (C=O) groups excluding carboxylic acids is 1. The maximum absolute atomic E-state index is 13.0. The molecule has 8 nitrogen and oxygen atoms in total. The number of carbonyl (C=O) groups is 1. The number of nitrogens with one attached hydrogen (secondary N) is 1. The zero-order chi connectivity index (χ0) is 24.8. The molecule has 0 aliphatic carbocycles. The first-order valence-electron chi connectivity index (χ1n) is 9.68. The van der Waals surface area contributed by atoms with Gasteiger partial charge in [0, 0.05) is 18.7 Å². The molecule has 13 heteroatoms. The number of amides is 1. The molecule has 1 amide bonds. The van der Waals surface area contributed by atoms with Crippen LogP contribution in [0.25, 0.3) is 0 Å². The van der Waals surface area contributed by atoms with Crippen LogP contribution in [0.5, 0.6) is 11.5 Å². The van der Waals surface area contributed by atoms with Crippen LogP contribution in [0.15, 0.2) is 41.3 Å². The fourth-order valence-corrected chi connectivity index (χ4v) is 4.06. The molecule has 180 valence electrons. The number of benzene rings is 2. The van der Waals surface area contributed by atoms with E-state index in [0.717, 1.165) is 12.1 Å². The van der Waals surface area contributed by atoms with E-state index in [9.17, 15) is 26.4 Å². The Balaban J connectivity index is 2.21. The minimum Gasteiger partial charge on any atom is -0.539 e. The Morgan fingerprint density at radius 2 is 1.85 bits per heavy atom. The molecule has 2 aromatic rings. The van der Waals surface area contributed by atoms with Crippen LogP contribution in [0, 0.1) is 0 Å². The lowest BCUT2D eigenvalue weighted by atomic mass is 10.1. The van der Waals surface area contributed by atoms with Crippen LogP contribution in [-0.4, -0.2) is 58.6 Å². The minimum atomic E-state index is -5.54. The number of halogens is 3. The molecule has 0 unspecified atom stereocenters. The average molecular weight is 488 g/mol. The highest BCUT2D eigenvalue weighted by atomic mass is 32.2. The highest BCUT2D eigenvalue weighted by Gasteiger charge is 2.47. The van der Waals surface area contributed by atoms with Gasteiger partial charge in [-0.3, -0.25) is 4.79 Å². The highest BCUT2D eigenvalue weighted by Crippen LogP contribution is 2.34. The van der Waals surface area contributed by atoms with Crippen molar-refractivity contribution in [2.75, 3.05) is 26.5 Å². The van der Waals surface area contributed by atoms with Crippen molar-refractivity contribution in [1.82, 2.24) is 4.90 Å². The maximum atomic E-state index is 13.0. The molecule has 0 radical (unpaired) electrons. The van der Waals surface area contributed by atoms with Crippen LogP contribution in [0.2, 0.25) is 0 Å². The number of ether oxygens (including phenoxy) is 1. The first-order valence-corrected chi connectivity index (χ1v) is 11.2. The summed E-state index contributed by atoms with van der Waals surface area (Å²) >= 11 is 0. The van der Waals surface area contributed by atoms with E-state index in [1.807, 2.05) is 0 Å². The van der Waals surface area contributed by atoms with E-state index in [4.69, 9.17) is 14.4 Å². The van der Waals surface area contributed by atoms with Gasteiger partial charge in [-0.1, -0.05) is 0 Å². The molecule has 2 aromatic carbocycles. The van der Waals surface area contributed by atoms with Gasteiger partial charge < -0.3 is 24.6 Å². The average Bonchev–Trinajstić information content (AvgIpc) is 2.71. The smallest absolute Gasteiger partial charge is 0.504 e. The molecular formula is C20H24BF3N2O6S. The molecule has 33 heavy (non-hydrogen) atoms. The van der Waals surface area contributed by atoms with Gasteiger partial charge in [-0.2, -0.15) is 13.2 Å². The highest BCUT2D eigenvalue weighted by molar-refractivity contribution is 7.92. The van der Waals surface area contributed by atoms with Crippen LogP contribution >= 0.6 is 0 Å². The van der Waals surface area contributed by atoms with Gasteiger partial charge in [0.1, 0.15) is 11.5 Å². The Kier molecular flexibility index (Phi) is 8.75. The summed E-state index contributed by atoms with van der Waals surface area (Å²) in [6.07, 6.45) is 0.257. The number of nitrogens with zero attached hydrogens (tertiary/aromatic N) is 1. The molecule has 2 rings (SSSR count). The van der Waals surface area contributed by atoms with Crippen LogP contribution < -0.4 is 14.7 Å². The number of anilines is 1. The lowest BCUT2D eigenvalue weighted by molar-refractivity contribution is -0.116. The van der Waals surface area contributed by atoms with Crippen LogP contribution in [0.3, 0.4) is 0 Å². The summed E-state index contributed by atoms with van der Waals surface area (Å²) in [6, 6.07) is 8.02. The summed E-state index contributed by atoms with van der Waals surface area (Å²) in [5, 5.41) is 11.5. The summed E-state index contributed by atoms with van der Waals surface area (Å²) in [5.74, 6) is 0.472. The largest absolute Gasteiger partial charge is 0.539 e. The van der Waals surface area contributed by atoms with Gasteiger partial charge in [-0.05, 0) is 68.0 Å². The summed E-state index contributed by atoms with van der Waals surface area (Å²) in [5.41, 5.74) is -4.71. The second-order valence-corrected chi connectivity index (χ2v) is 9.21. The van der Waals surface area contributed by atoms with Gasteiger partial charge in [-0.15, -0.1) is 0 Å². The summed E-state index contributed by atoms with van der Waals surface area (Å²) in [7, 11) is -1.43. The summed E-state index contributed by atoms with van der Waals surface area (Å²) < 4.78 is 73.2. The summed E-state index contributed by atoms with van der Waals surface area (Å²) in [4.78, 5) is 13.1. The Bertz CT molecular complexity index is 1090. The number of methoxy groups -OCH3 is 1. The molecule has 0 heterocycles. The zero-order valence-corrected chi connectivity index (χ0v) is 19.1. The van der Waals surface area contributed by atoms with E-state index >= 15 is 0 Å². The van der Waals surface area contributed by atoms with E-state index in [2.05, 4.69) is 5.32 Å². The number of hydrogen-bond acceptors (Lipinski definition) is 7. The normalized spacial score (nSPS) is 11.9. The van der Waals surface area contributed by atoms with Crippen molar-refractivity contribution in [3.8, 4) is 11.5 Å². The van der Waals surface area contributed by atoms with Crippen molar-refractivity contribution in [3.63, 3.8) is 0 Å². The molecule has 0 aliphatic rings. The third kappa shape index (κ3) is 6.86. The van der Waals surface area contributed by atoms with E-state index < -0.39 is 33.8 Å². The second-order valence-electron chi connectivity index (χ2n) is 7.30. The number of hydrogen-bond donors (Lipinski definition) is 2. The lowest BCUT2D eigenvalue weighted by Gasteiger charge is -2.17. The lowest BCUT2D eigenvalue weighted by Crippen LogP contribution is -2.25. The third-order valence-corrected chi connectivity index (χ3v) is 6.12. The predicted molar refractivity (Wildman–Crippen MR) is 117 cm³/mol. The SMILES string of the molecule is COc1ccc(OBO)cc1CCC(=O)Nc1ccc(S(=O)(=O)C(F)(F)F)c(CN(C)C)c1. The van der Waals surface area contributed by atoms with Crippen molar-refractivity contribution < 1.29 is 40.8 Å². The molecule has 0 spiro atoms. The topological polar surface area (TPSA) is 105 Å². The molecule has 0 bridgehead atoms. The van der Waals surface area contributed by atoms with E-state index in [-0.39, 0.29) is 30.6 Å². The predicted octanol–water partition coefficient (Wildman–Crippen LogP) is 2.26. The van der Waals surface area contributed by atoms with Crippen molar-refractivity contribution >= 4 is 29.1 Å². The Morgan fingerprint density at radius 3 is 2.42 bits per heavy atom. The van der Waals surface area contributed by atoms with Gasteiger partial charge >= 0.3 is 13.2 Å². The monoisotopic (exact) mass is 488 g/mol. The van der Waals surface area contributed by atoms with Crippen molar-refractivity contribution in [2.24, 2.45) is 0 Å². The maximum Gasteiger partial charge on any atom is 0.504 e. The summed E-state index contributed by atoms with van der Waals surface area (Å²) in [6.45, 7) is -0.0802. The Hall–Kier alpha value is -2.77. The van der Waals surface area contributed by atoms with Crippen LogP contribution in [0.4, 0.5) is 18.9 Å². The quantitative estimate of drug-likeness (QED) is 0.495. The number of rotatable bonds is 10. The van der Waals surface area contributed by atoms with Gasteiger partial charge in [0.15, 0.2) is 0 Å². The fraction of sp³-hybridized carbons (Fsp3) is 0.350. The number of sulfone groups is 1. The van der Waals surface area contributed by atoms with Gasteiger partial charge in [0.2, 0.25) is 5.91 Å². The molecule has 0 aromatic heterocycles. The molecule has 2 N–H and O–H groups in total. The Labute approximate surface area is 190 Å². The van der Waals surface area contributed by atoms with Gasteiger partial charge in [0.05, 0.1) is 12.0 Å². The molecular weight excluding hydrogens is 464 g/mol. The van der Waals surface area contributed by atoms with Crippen LogP contribution in [0.1, 0.15) is 17.5 Å². The van der Waals surface area contributed by atoms with Gasteiger partial charge in [0.25, 0.3) is 9.84 Å². The first kappa shape index (κ1) is 26.5. The molecule has 0 aliphatic heterocycles. The van der Waals surface area contributed by atoms with Gasteiger partial charge in [-0.25, -0.2) is 8.42 Å². The Morgan fingerprint density at radius 1 is 1.15 bits per heavy atom. The number of alkyl halides is 3.